The second kappa shape index (κ2) is 5.54. The largest absolute Gasteiger partial charge is 0.369 e. The Morgan fingerprint density at radius 2 is 2.13 bits per heavy atom. The fourth-order valence-corrected chi connectivity index (χ4v) is 1.68. The smallest absolute Gasteiger partial charge is 0.221 e. The molecule has 1 aromatic carbocycles. The summed E-state index contributed by atoms with van der Waals surface area (Å²) in [4.78, 5) is 10.8. The molecule has 0 heterocycles. The van der Waals surface area contributed by atoms with Gasteiger partial charge in [-0.25, -0.2) is 0 Å². The number of hydrogen-bond acceptors (Lipinski definition) is 1. The number of benzene rings is 1. The third-order valence-electron chi connectivity index (χ3n) is 2.59. The summed E-state index contributed by atoms with van der Waals surface area (Å²) >= 11 is 0. The fraction of sp³-hybridized carbons (Fsp3) is 0.462. The first kappa shape index (κ1) is 11.8. The molecule has 0 aromatic heterocycles. The van der Waals surface area contributed by atoms with Crippen molar-refractivity contribution >= 4 is 5.91 Å². The quantitative estimate of drug-likeness (QED) is 0.788. The number of aryl methyl sites for hydroxylation is 2. The van der Waals surface area contributed by atoms with E-state index in [9.17, 15) is 4.79 Å². The number of rotatable bonds is 5. The normalized spacial score (nSPS) is 10.3. The number of nitrogens with two attached hydrogens (primary N) is 1. The molecule has 1 aromatic rings. The second-order valence-electron chi connectivity index (χ2n) is 4.01. The van der Waals surface area contributed by atoms with Crippen LogP contribution in [0.5, 0.6) is 0 Å². The highest BCUT2D eigenvalue weighted by Gasteiger charge is 2.03. The van der Waals surface area contributed by atoms with Crippen LogP contribution >= 0.6 is 0 Å². The Morgan fingerprint density at radius 3 is 2.67 bits per heavy atom. The van der Waals surface area contributed by atoms with Crippen LogP contribution in [0.3, 0.4) is 0 Å². The Kier molecular flexibility index (Phi) is 4.35. The van der Waals surface area contributed by atoms with Crippen molar-refractivity contribution in [2.24, 2.45) is 5.73 Å². The van der Waals surface area contributed by atoms with Gasteiger partial charge in [-0.1, -0.05) is 31.5 Å². The minimum absolute atomic E-state index is 0.264. The van der Waals surface area contributed by atoms with Crippen molar-refractivity contribution in [1.29, 1.82) is 0 Å². The number of carbonyl (C=O) groups is 1. The van der Waals surface area contributed by atoms with E-state index in [4.69, 9.17) is 5.73 Å². The molecule has 0 atom stereocenters. The van der Waals surface area contributed by atoms with Crippen LogP contribution in [0.1, 0.15) is 36.5 Å². The summed E-state index contributed by atoms with van der Waals surface area (Å²) in [6, 6.07) is 6.28. The topological polar surface area (TPSA) is 43.1 Å². The van der Waals surface area contributed by atoms with Crippen molar-refractivity contribution < 1.29 is 4.79 Å². The van der Waals surface area contributed by atoms with Crippen LogP contribution < -0.4 is 5.73 Å². The number of hydrogen-bond donors (Lipinski definition) is 1. The molecule has 1 amide bonds. The fourth-order valence-electron chi connectivity index (χ4n) is 1.68. The Bertz CT molecular complexity index is 344. The lowest BCUT2D eigenvalue weighted by molar-refractivity contribution is -0.117. The molecule has 0 spiro atoms. The third kappa shape index (κ3) is 3.74. The standard InChI is InChI=1S/C13H19NO/c1-3-4-5-11-6-7-12(9-13(14)15)10(2)8-11/h6-8H,3-5,9H2,1-2H3,(H2,14,15). The van der Waals surface area contributed by atoms with Gasteiger partial charge in [0.05, 0.1) is 6.42 Å². The summed E-state index contributed by atoms with van der Waals surface area (Å²) in [7, 11) is 0. The Hall–Kier alpha value is -1.31. The summed E-state index contributed by atoms with van der Waals surface area (Å²) in [5, 5.41) is 0. The van der Waals surface area contributed by atoms with Gasteiger partial charge in [0.2, 0.25) is 5.91 Å². The number of primary amides is 1. The maximum Gasteiger partial charge on any atom is 0.221 e. The van der Waals surface area contributed by atoms with Crippen molar-refractivity contribution in [2.45, 2.75) is 39.5 Å². The predicted molar refractivity (Wildman–Crippen MR) is 62.7 cm³/mol. The molecule has 1 rings (SSSR count). The van der Waals surface area contributed by atoms with Gasteiger partial charge in [-0.15, -0.1) is 0 Å². The van der Waals surface area contributed by atoms with Crippen molar-refractivity contribution in [3.8, 4) is 0 Å². The van der Waals surface area contributed by atoms with Gasteiger partial charge in [-0.2, -0.15) is 0 Å². The van der Waals surface area contributed by atoms with Gasteiger partial charge in [0.1, 0.15) is 0 Å². The van der Waals surface area contributed by atoms with Crippen LogP contribution in [-0.4, -0.2) is 5.91 Å². The molecule has 0 unspecified atom stereocenters. The highest BCUT2D eigenvalue weighted by atomic mass is 16.1. The third-order valence-corrected chi connectivity index (χ3v) is 2.59. The number of amides is 1. The van der Waals surface area contributed by atoms with Gasteiger partial charge in [0.25, 0.3) is 0 Å². The lowest BCUT2D eigenvalue weighted by Gasteiger charge is -2.06. The number of unbranched alkanes of at least 4 members (excludes halogenated alkanes) is 1. The van der Waals surface area contributed by atoms with E-state index in [1.54, 1.807) is 0 Å². The van der Waals surface area contributed by atoms with Crippen molar-refractivity contribution in [3.63, 3.8) is 0 Å². The lowest BCUT2D eigenvalue weighted by atomic mass is 10.00. The lowest BCUT2D eigenvalue weighted by Crippen LogP contribution is -2.14. The zero-order valence-electron chi connectivity index (χ0n) is 9.55. The minimum Gasteiger partial charge on any atom is -0.369 e. The van der Waals surface area contributed by atoms with Crippen LogP contribution in [-0.2, 0) is 17.6 Å². The molecule has 0 aliphatic heterocycles. The van der Waals surface area contributed by atoms with E-state index in [-0.39, 0.29) is 5.91 Å². The molecule has 0 saturated heterocycles. The average molecular weight is 205 g/mol. The molecule has 0 saturated carbocycles. The van der Waals surface area contributed by atoms with Gasteiger partial charge in [-0.05, 0) is 36.5 Å². The van der Waals surface area contributed by atoms with Crippen molar-refractivity contribution in [1.82, 2.24) is 0 Å². The van der Waals surface area contributed by atoms with E-state index in [2.05, 4.69) is 19.1 Å². The molecule has 82 valence electrons. The van der Waals surface area contributed by atoms with E-state index < -0.39 is 0 Å². The molecule has 0 radical (unpaired) electrons. The van der Waals surface area contributed by atoms with E-state index in [0.717, 1.165) is 12.0 Å². The molecule has 2 N–H and O–H groups in total. The maximum absolute atomic E-state index is 10.8. The van der Waals surface area contributed by atoms with Gasteiger partial charge < -0.3 is 5.73 Å². The minimum atomic E-state index is -0.264. The summed E-state index contributed by atoms with van der Waals surface area (Å²) in [5.74, 6) is -0.264. The zero-order valence-corrected chi connectivity index (χ0v) is 9.55. The molecule has 2 heteroatoms. The monoisotopic (exact) mass is 205 g/mol. The Morgan fingerprint density at radius 1 is 1.40 bits per heavy atom. The van der Waals surface area contributed by atoms with Crippen molar-refractivity contribution in [3.05, 3.63) is 34.9 Å². The van der Waals surface area contributed by atoms with Gasteiger partial charge in [0.15, 0.2) is 0 Å². The van der Waals surface area contributed by atoms with Crippen LogP contribution in [0.4, 0.5) is 0 Å². The first-order valence-corrected chi connectivity index (χ1v) is 5.50. The van der Waals surface area contributed by atoms with E-state index in [0.29, 0.717) is 6.42 Å². The highest BCUT2D eigenvalue weighted by Crippen LogP contribution is 2.13. The zero-order chi connectivity index (χ0) is 11.3. The van der Waals surface area contributed by atoms with Gasteiger partial charge >= 0.3 is 0 Å². The number of carbonyl (C=O) groups excluding carboxylic acids is 1. The molecular weight excluding hydrogens is 186 g/mol. The summed E-state index contributed by atoms with van der Waals surface area (Å²) in [6.45, 7) is 4.22. The first-order valence-electron chi connectivity index (χ1n) is 5.50. The van der Waals surface area contributed by atoms with E-state index in [1.165, 1.54) is 24.0 Å². The summed E-state index contributed by atoms with van der Waals surface area (Å²) < 4.78 is 0. The molecule has 15 heavy (non-hydrogen) atoms. The van der Waals surface area contributed by atoms with Crippen LogP contribution in [0, 0.1) is 6.92 Å². The van der Waals surface area contributed by atoms with E-state index in [1.807, 2.05) is 13.0 Å². The van der Waals surface area contributed by atoms with Gasteiger partial charge in [0, 0.05) is 0 Å². The Balaban J connectivity index is 2.74. The van der Waals surface area contributed by atoms with E-state index >= 15 is 0 Å². The molecule has 0 fully saturated rings. The molecular formula is C13H19NO. The van der Waals surface area contributed by atoms with Crippen LogP contribution in [0.2, 0.25) is 0 Å². The highest BCUT2D eigenvalue weighted by molar-refractivity contribution is 5.77. The first-order chi connectivity index (χ1) is 7.13. The maximum atomic E-state index is 10.8. The molecule has 0 bridgehead atoms. The second-order valence-corrected chi connectivity index (χ2v) is 4.01. The van der Waals surface area contributed by atoms with Crippen LogP contribution in [0.25, 0.3) is 0 Å². The summed E-state index contributed by atoms with van der Waals surface area (Å²) in [5.41, 5.74) is 8.74. The Labute approximate surface area is 91.5 Å². The summed E-state index contributed by atoms with van der Waals surface area (Å²) in [6.07, 6.45) is 3.89. The van der Waals surface area contributed by atoms with Crippen LogP contribution in [0.15, 0.2) is 18.2 Å². The molecule has 0 aliphatic carbocycles. The molecule has 0 aliphatic rings. The van der Waals surface area contributed by atoms with Crippen molar-refractivity contribution in [2.75, 3.05) is 0 Å². The average Bonchev–Trinajstić information content (AvgIpc) is 2.18. The van der Waals surface area contributed by atoms with Gasteiger partial charge in [-0.3, -0.25) is 4.79 Å². The SMILES string of the molecule is CCCCc1ccc(CC(N)=O)c(C)c1. The predicted octanol–water partition coefficient (Wildman–Crippen LogP) is 2.37. The molecule has 2 nitrogen and oxygen atoms in total.